The van der Waals surface area contributed by atoms with Gasteiger partial charge in [-0.2, -0.15) is 0 Å². The zero-order valence-corrected chi connectivity index (χ0v) is 12.4. The highest BCUT2D eigenvalue weighted by Crippen LogP contribution is 2.16. The number of benzene rings is 1. The monoisotopic (exact) mass is 296 g/mol. The van der Waals surface area contributed by atoms with E-state index in [1.165, 1.54) is 0 Å². The lowest BCUT2D eigenvalue weighted by Gasteiger charge is -2.14. The second-order valence-electron chi connectivity index (χ2n) is 4.55. The van der Waals surface area contributed by atoms with E-state index < -0.39 is 10.0 Å². The second-order valence-corrected chi connectivity index (χ2v) is 6.31. The molecule has 0 aromatic heterocycles. The number of hydrogen-bond acceptors (Lipinski definition) is 4. The summed E-state index contributed by atoms with van der Waals surface area (Å²) in [7, 11) is -3.46. The smallest absolute Gasteiger partial charge is 0.240 e. The Morgan fingerprint density at radius 3 is 2.65 bits per heavy atom. The van der Waals surface area contributed by atoms with Gasteiger partial charge in [0.25, 0.3) is 0 Å². The largest absolute Gasteiger partial charge is 0.494 e. The summed E-state index contributed by atoms with van der Waals surface area (Å²) in [6.07, 6.45) is 2.91. The molecule has 0 radical (unpaired) electrons. The standard InChI is InChI=1S/C14H20N2O3S/c1-2-19-13-3-5-14(6-4-13)20(17,18)16-11-12-7-9-15-10-8-12/h3-7,15-16H,2,8-11H2,1H3. The van der Waals surface area contributed by atoms with Gasteiger partial charge in [-0.3, -0.25) is 0 Å². The Morgan fingerprint density at radius 2 is 2.05 bits per heavy atom. The first-order valence-electron chi connectivity index (χ1n) is 6.73. The second kappa shape index (κ2) is 6.88. The molecule has 0 saturated heterocycles. The van der Waals surface area contributed by atoms with Crippen molar-refractivity contribution in [1.29, 1.82) is 0 Å². The van der Waals surface area contributed by atoms with E-state index in [0.717, 1.165) is 25.1 Å². The third-order valence-corrected chi connectivity index (χ3v) is 4.51. The summed E-state index contributed by atoms with van der Waals surface area (Å²) in [5.74, 6) is 0.674. The summed E-state index contributed by atoms with van der Waals surface area (Å²) in [6.45, 7) is 4.53. The molecule has 110 valence electrons. The van der Waals surface area contributed by atoms with Crippen LogP contribution in [0.2, 0.25) is 0 Å². The van der Waals surface area contributed by atoms with Crippen LogP contribution in [0.25, 0.3) is 0 Å². The van der Waals surface area contributed by atoms with Gasteiger partial charge < -0.3 is 10.1 Å². The van der Waals surface area contributed by atoms with Crippen molar-refractivity contribution in [3.05, 3.63) is 35.9 Å². The zero-order chi connectivity index (χ0) is 14.4. The van der Waals surface area contributed by atoms with Gasteiger partial charge in [-0.15, -0.1) is 0 Å². The highest BCUT2D eigenvalue weighted by Gasteiger charge is 2.14. The summed E-state index contributed by atoms with van der Waals surface area (Å²) in [4.78, 5) is 0.260. The van der Waals surface area contributed by atoms with Crippen LogP contribution in [0.15, 0.2) is 40.8 Å². The van der Waals surface area contributed by atoms with Gasteiger partial charge in [-0.25, -0.2) is 13.1 Å². The molecule has 0 fully saturated rings. The Labute approximate surface area is 120 Å². The van der Waals surface area contributed by atoms with Crippen molar-refractivity contribution in [2.45, 2.75) is 18.2 Å². The lowest BCUT2D eigenvalue weighted by atomic mass is 10.1. The van der Waals surface area contributed by atoms with E-state index in [4.69, 9.17) is 4.74 Å². The molecule has 6 heteroatoms. The molecule has 0 saturated carbocycles. The van der Waals surface area contributed by atoms with Crippen molar-refractivity contribution < 1.29 is 13.2 Å². The molecule has 1 aliphatic heterocycles. The Bertz CT molecular complexity index is 565. The van der Waals surface area contributed by atoms with Crippen molar-refractivity contribution in [2.24, 2.45) is 0 Å². The Hall–Kier alpha value is -1.37. The SMILES string of the molecule is CCOc1ccc(S(=O)(=O)NCC2=CCNCC2)cc1. The summed E-state index contributed by atoms with van der Waals surface area (Å²) in [5, 5.41) is 3.19. The van der Waals surface area contributed by atoms with E-state index in [1.807, 2.05) is 13.0 Å². The van der Waals surface area contributed by atoms with Gasteiger partial charge in [0.1, 0.15) is 5.75 Å². The molecule has 0 aliphatic carbocycles. The van der Waals surface area contributed by atoms with Crippen molar-refractivity contribution >= 4 is 10.0 Å². The topological polar surface area (TPSA) is 67.4 Å². The van der Waals surface area contributed by atoms with Crippen LogP contribution in [0, 0.1) is 0 Å². The predicted molar refractivity (Wildman–Crippen MR) is 78.4 cm³/mol. The van der Waals surface area contributed by atoms with E-state index in [-0.39, 0.29) is 4.90 Å². The van der Waals surface area contributed by atoms with Gasteiger partial charge in [0.05, 0.1) is 11.5 Å². The molecule has 20 heavy (non-hydrogen) atoms. The maximum absolute atomic E-state index is 12.1. The molecule has 2 rings (SSSR count). The van der Waals surface area contributed by atoms with Gasteiger partial charge in [0.15, 0.2) is 0 Å². The minimum absolute atomic E-state index is 0.260. The average molecular weight is 296 g/mol. The van der Waals surface area contributed by atoms with E-state index in [0.29, 0.717) is 18.9 Å². The maximum atomic E-state index is 12.1. The molecule has 0 bridgehead atoms. The van der Waals surface area contributed by atoms with E-state index in [1.54, 1.807) is 24.3 Å². The van der Waals surface area contributed by atoms with Crippen LogP contribution in [-0.2, 0) is 10.0 Å². The molecule has 1 aromatic carbocycles. The molecule has 1 aliphatic rings. The Balaban J connectivity index is 2.00. The van der Waals surface area contributed by atoms with Crippen LogP contribution < -0.4 is 14.8 Å². The van der Waals surface area contributed by atoms with E-state index >= 15 is 0 Å². The van der Waals surface area contributed by atoms with Crippen molar-refractivity contribution in [1.82, 2.24) is 10.0 Å². The quantitative estimate of drug-likeness (QED) is 0.776. The predicted octanol–water partition coefficient (Wildman–Crippen LogP) is 1.28. The lowest BCUT2D eigenvalue weighted by molar-refractivity contribution is 0.340. The van der Waals surface area contributed by atoms with Crippen molar-refractivity contribution in [2.75, 3.05) is 26.2 Å². The first-order chi connectivity index (χ1) is 9.62. The number of nitrogens with one attached hydrogen (secondary N) is 2. The number of sulfonamides is 1. The number of rotatable bonds is 6. The van der Waals surface area contributed by atoms with E-state index in [9.17, 15) is 8.42 Å². The van der Waals surface area contributed by atoms with Gasteiger partial charge in [-0.05, 0) is 44.2 Å². The van der Waals surface area contributed by atoms with Gasteiger partial charge >= 0.3 is 0 Å². The van der Waals surface area contributed by atoms with Gasteiger partial charge in [-0.1, -0.05) is 11.6 Å². The fourth-order valence-corrected chi connectivity index (χ4v) is 3.02. The molecular formula is C14H20N2O3S. The van der Waals surface area contributed by atoms with Crippen LogP contribution in [0.1, 0.15) is 13.3 Å². The maximum Gasteiger partial charge on any atom is 0.240 e. The normalized spacial score (nSPS) is 15.8. The molecule has 0 atom stereocenters. The van der Waals surface area contributed by atoms with Crippen LogP contribution >= 0.6 is 0 Å². The molecule has 0 amide bonds. The molecule has 0 unspecified atom stereocenters. The van der Waals surface area contributed by atoms with Crippen LogP contribution in [-0.4, -0.2) is 34.7 Å². The van der Waals surface area contributed by atoms with Crippen LogP contribution in [0.4, 0.5) is 0 Å². The zero-order valence-electron chi connectivity index (χ0n) is 11.6. The lowest BCUT2D eigenvalue weighted by Crippen LogP contribution is -2.29. The molecular weight excluding hydrogens is 276 g/mol. The minimum atomic E-state index is -3.46. The Morgan fingerprint density at radius 1 is 1.30 bits per heavy atom. The fourth-order valence-electron chi connectivity index (χ4n) is 1.98. The number of ether oxygens (including phenoxy) is 1. The summed E-state index contributed by atoms with van der Waals surface area (Å²) in [5.41, 5.74) is 1.12. The molecule has 2 N–H and O–H groups in total. The minimum Gasteiger partial charge on any atom is -0.494 e. The summed E-state index contributed by atoms with van der Waals surface area (Å²) in [6, 6.07) is 6.46. The van der Waals surface area contributed by atoms with Crippen molar-refractivity contribution in [3.63, 3.8) is 0 Å². The molecule has 1 heterocycles. The third-order valence-electron chi connectivity index (χ3n) is 3.09. The van der Waals surface area contributed by atoms with Gasteiger partial charge in [0.2, 0.25) is 10.0 Å². The first kappa shape index (κ1) is 15.0. The van der Waals surface area contributed by atoms with Gasteiger partial charge in [0, 0.05) is 13.1 Å². The third kappa shape index (κ3) is 4.06. The summed E-state index contributed by atoms with van der Waals surface area (Å²) >= 11 is 0. The highest BCUT2D eigenvalue weighted by atomic mass is 32.2. The first-order valence-corrected chi connectivity index (χ1v) is 8.21. The molecule has 5 nitrogen and oxygen atoms in total. The Kier molecular flexibility index (Phi) is 5.17. The fraction of sp³-hybridized carbons (Fsp3) is 0.429. The van der Waals surface area contributed by atoms with Crippen LogP contribution in [0.3, 0.4) is 0 Å². The highest BCUT2D eigenvalue weighted by molar-refractivity contribution is 7.89. The number of hydrogen-bond donors (Lipinski definition) is 2. The van der Waals surface area contributed by atoms with Crippen LogP contribution in [0.5, 0.6) is 5.75 Å². The molecule has 0 spiro atoms. The van der Waals surface area contributed by atoms with Crippen molar-refractivity contribution in [3.8, 4) is 5.75 Å². The average Bonchev–Trinajstić information content (AvgIpc) is 2.47. The summed E-state index contributed by atoms with van der Waals surface area (Å²) < 4.78 is 32.2. The molecule has 1 aromatic rings. The van der Waals surface area contributed by atoms with E-state index in [2.05, 4.69) is 10.0 Å².